The normalized spacial score (nSPS) is 12.6. The third-order valence-electron chi connectivity index (χ3n) is 4.45. The number of hydrogen-bond acceptors (Lipinski definition) is 6. The quantitative estimate of drug-likeness (QED) is 0.298. The zero-order valence-corrected chi connectivity index (χ0v) is 20.9. The molecule has 0 radical (unpaired) electrons. The molecule has 0 N–H and O–H groups in total. The number of allylic oxidation sites excluding steroid dienone is 2. The van der Waals surface area contributed by atoms with Gasteiger partial charge in [0.05, 0.1) is 6.20 Å². The van der Waals surface area contributed by atoms with Gasteiger partial charge in [-0.05, 0) is 33.8 Å². The van der Waals surface area contributed by atoms with Gasteiger partial charge < -0.3 is 3.07 Å². The summed E-state index contributed by atoms with van der Waals surface area (Å²) in [5.41, 5.74) is -0.876. The van der Waals surface area contributed by atoms with Crippen LogP contribution < -0.4 is 8.63 Å². The van der Waals surface area contributed by atoms with Crippen molar-refractivity contribution in [2.24, 2.45) is 4.99 Å². The number of halogens is 4. The Bertz CT molecular complexity index is 1360. The number of rotatable bonds is 6. The molecule has 0 atom stereocenters. The summed E-state index contributed by atoms with van der Waals surface area (Å²) in [5, 5.41) is 3.91. The van der Waals surface area contributed by atoms with Crippen molar-refractivity contribution in [1.82, 2.24) is 24.3 Å². The molecule has 0 fully saturated rings. The minimum Gasteiger partial charge on any atom is -0.426 e. The first kappa shape index (κ1) is 24.7. The Morgan fingerprint density at radius 1 is 1.33 bits per heavy atom. The summed E-state index contributed by atoms with van der Waals surface area (Å²) in [6.45, 7) is 6.55. The number of pyridine rings is 2. The van der Waals surface area contributed by atoms with Gasteiger partial charge in [0.1, 0.15) is 22.4 Å². The maximum absolute atomic E-state index is 15.5. The number of aliphatic imine (C=N–C) groups is 1. The number of aryl methyl sites for hydroxylation is 3. The molecule has 0 spiro atoms. The van der Waals surface area contributed by atoms with Crippen LogP contribution in [0, 0.1) is 26.6 Å². The highest BCUT2D eigenvalue weighted by Gasteiger charge is 2.21. The van der Waals surface area contributed by atoms with E-state index in [0.29, 0.717) is 17.3 Å². The van der Waals surface area contributed by atoms with Crippen molar-refractivity contribution in [2.45, 2.75) is 27.7 Å². The van der Waals surface area contributed by atoms with Crippen molar-refractivity contribution in [3.63, 3.8) is 0 Å². The smallest absolute Gasteiger partial charge is 0.277 e. The first-order valence-corrected chi connectivity index (χ1v) is 10.8. The van der Waals surface area contributed by atoms with Gasteiger partial charge in [-0.15, -0.1) is 5.10 Å². The Hall–Kier alpha value is -2.93. The Morgan fingerprint density at radius 2 is 2.06 bits per heavy atom. The Kier molecular flexibility index (Phi) is 7.74. The zero-order chi connectivity index (χ0) is 24.3. The number of aromatic nitrogens is 5. The Balaban J connectivity index is 2.20. The molecule has 0 amide bonds. The van der Waals surface area contributed by atoms with Crippen LogP contribution in [0.25, 0.3) is 12.0 Å². The SMILES string of the molecule is C/C=C/N=C(/C(F)=C/n1c(C)cc(OI)c(Cl)c1=O)c1ccnc(-n2nc(C)nc2C)c1F. The fraction of sp³-hybridized carbons (Fsp3) is 0.190. The van der Waals surface area contributed by atoms with E-state index < -0.39 is 17.2 Å². The van der Waals surface area contributed by atoms with Gasteiger partial charge in [-0.3, -0.25) is 14.4 Å². The third-order valence-corrected chi connectivity index (χ3v) is 5.27. The standard InChI is InChI=1S/C21H18ClF2IN6O2/c1-5-7-26-19(15(23)10-30-11(2)9-16(33-25)17(22)21(30)32)14-6-8-27-20(18(14)24)31-13(4)28-12(3)29-31/h5-10H,1-4H3/b7-5+,15-10-,26-19+. The van der Waals surface area contributed by atoms with Crippen LogP contribution in [0.2, 0.25) is 5.02 Å². The minimum atomic E-state index is -0.972. The lowest BCUT2D eigenvalue weighted by Crippen LogP contribution is -2.20. The molecule has 0 saturated carbocycles. The first-order chi connectivity index (χ1) is 15.7. The Labute approximate surface area is 207 Å². The van der Waals surface area contributed by atoms with Gasteiger partial charge in [0, 0.05) is 29.7 Å². The lowest BCUT2D eigenvalue weighted by Gasteiger charge is -2.11. The summed E-state index contributed by atoms with van der Waals surface area (Å²) < 4.78 is 38.2. The van der Waals surface area contributed by atoms with Gasteiger partial charge in [-0.25, -0.2) is 18.7 Å². The van der Waals surface area contributed by atoms with Crippen LogP contribution in [0.15, 0.2) is 46.2 Å². The van der Waals surface area contributed by atoms with Crippen LogP contribution in [0.5, 0.6) is 5.75 Å². The zero-order valence-electron chi connectivity index (χ0n) is 18.0. The van der Waals surface area contributed by atoms with Crippen molar-refractivity contribution >= 4 is 46.5 Å². The van der Waals surface area contributed by atoms with E-state index in [9.17, 15) is 4.79 Å². The molecule has 0 aliphatic carbocycles. The van der Waals surface area contributed by atoms with E-state index in [1.165, 1.54) is 29.2 Å². The van der Waals surface area contributed by atoms with E-state index in [0.717, 1.165) is 10.8 Å². The van der Waals surface area contributed by atoms with E-state index in [-0.39, 0.29) is 27.9 Å². The van der Waals surface area contributed by atoms with E-state index in [4.69, 9.17) is 14.7 Å². The summed E-state index contributed by atoms with van der Waals surface area (Å²) in [4.78, 5) is 24.8. The van der Waals surface area contributed by atoms with Crippen molar-refractivity contribution in [3.05, 3.63) is 80.5 Å². The van der Waals surface area contributed by atoms with Gasteiger partial charge >= 0.3 is 0 Å². The predicted octanol–water partition coefficient (Wildman–Crippen LogP) is 5.06. The van der Waals surface area contributed by atoms with Gasteiger partial charge in [-0.2, -0.15) is 4.68 Å². The van der Waals surface area contributed by atoms with Crippen molar-refractivity contribution in [2.75, 3.05) is 0 Å². The van der Waals surface area contributed by atoms with Gasteiger partial charge in [0.25, 0.3) is 5.56 Å². The maximum atomic E-state index is 15.5. The summed E-state index contributed by atoms with van der Waals surface area (Å²) in [6, 6.07) is 2.76. The first-order valence-electron chi connectivity index (χ1n) is 9.52. The van der Waals surface area contributed by atoms with Crippen LogP contribution >= 0.6 is 34.6 Å². The summed E-state index contributed by atoms with van der Waals surface area (Å²) >= 11 is 7.61. The molecule has 0 aliphatic rings. The molecule has 12 heteroatoms. The predicted molar refractivity (Wildman–Crippen MR) is 130 cm³/mol. The maximum Gasteiger partial charge on any atom is 0.277 e. The molecule has 8 nitrogen and oxygen atoms in total. The molecule has 0 aliphatic heterocycles. The molecule has 0 unspecified atom stereocenters. The van der Waals surface area contributed by atoms with Crippen LogP contribution in [-0.4, -0.2) is 30.0 Å². The van der Waals surface area contributed by atoms with E-state index in [1.54, 1.807) is 56.8 Å². The van der Waals surface area contributed by atoms with Crippen molar-refractivity contribution in [1.29, 1.82) is 0 Å². The largest absolute Gasteiger partial charge is 0.426 e. The minimum absolute atomic E-state index is 0.149. The monoisotopic (exact) mass is 586 g/mol. The molecule has 0 aromatic carbocycles. The number of hydrogen-bond donors (Lipinski definition) is 0. The van der Waals surface area contributed by atoms with Crippen LogP contribution in [-0.2, 0) is 0 Å². The third kappa shape index (κ3) is 5.03. The number of nitrogens with zero attached hydrogens (tertiary/aromatic N) is 6. The summed E-state index contributed by atoms with van der Waals surface area (Å²) in [7, 11) is 0. The van der Waals surface area contributed by atoms with Crippen LogP contribution in [0.1, 0.15) is 29.8 Å². The highest BCUT2D eigenvalue weighted by atomic mass is 127. The second kappa shape index (κ2) is 10.3. The second-order valence-electron chi connectivity index (χ2n) is 6.77. The molecule has 3 aromatic rings. The molecule has 3 rings (SSSR count). The summed E-state index contributed by atoms with van der Waals surface area (Å²) in [5.74, 6) is -0.998. The van der Waals surface area contributed by atoms with E-state index in [1.807, 2.05) is 0 Å². The molecular weight excluding hydrogens is 569 g/mol. The van der Waals surface area contributed by atoms with Crippen molar-refractivity contribution in [3.8, 4) is 11.6 Å². The van der Waals surface area contributed by atoms with Gasteiger partial charge in [0.2, 0.25) is 0 Å². The molecule has 172 valence electrons. The average molecular weight is 587 g/mol. The van der Waals surface area contributed by atoms with Crippen LogP contribution in [0.3, 0.4) is 0 Å². The Morgan fingerprint density at radius 3 is 2.67 bits per heavy atom. The lowest BCUT2D eigenvalue weighted by atomic mass is 10.1. The van der Waals surface area contributed by atoms with E-state index >= 15 is 8.78 Å². The van der Waals surface area contributed by atoms with Gasteiger partial charge in [0.15, 0.2) is 46.2 Å². The topological polar surface area (TPSA) is 87.2 Å². The lowest BCUT2D eigenvalue weighted by molar-refractivity contribution is 0.592. The summed E-state index contributed by atoms with van der Waals surface area (Å²) in [6.07, 6.45) is 5.07. The van der Waals surface area contributed by atoms with Gasteiger partial charge in [-0.1, -0.05) is 17.7 Å². The molecule has 0 saturated heterocycles. The fourth-order valence-corrected chi connectivity index (χ4v) is 3.64. The molecular formula is C21H18ClF2IN6O2. The highest BCUT2D eigenvalue weighted by molar-refractivity contribution is 14.1. The second-order valence-corrected chi connectivity index (χ2v) is 7.59. The average Bonchev–Trinajstić information content (AvgIpc) is 3.12. The van der Waals surface area contributed by atoms with Crippen molar-refractivity contribution < 1.29 is 11.8 Å². The molecule has 0 bridgehead atoms. The molecule has 33 heavy (non-hydrogen) atoms. The highest BCUT2D eigenvalue weighted by Crippen LogP contribution is 2.25. The van der Waals surface area contributed by atoms with Crippen LogP contribution in [0.4, 0.5) is 8.78 Å². The fourth-order valence-electron chi connectivity index (χ4n) is 2.98. The molecule has 3 heterocycles. The molecule has 3 aromatic heterocycles. The van der Waals surface area contributed by atoms with E-state index in [2.05, 4.69) is 20.1 Å².